The van der Waals surface area contributed by atoms with Crippen molar-refractivity contribution in [3.63, 3.8) is 0 Å². The number of hydrogen-bond acceptors (Lipinski definition) is 4. The zero-order chi connectivity index (χ0) is 14.8. The molecule has 1 atom stereocenters. The molecule has 1 N–H and O–H groups in total. The second-order valence-corrected chi connectivity index (χ2v) is 7.86. The summed E-state index contributed by atoms with van der Waals surface area (Å²) >= 11 is 0. The molecule has 1 aliphatic rings. The Labute approximate surface area is 121 Å². The summed E-state index contributed by atoms with van der Waals surface area (Å²) in [5.74, 6) is 1.46. The van der Waals surface area contributed by atoms with E-state index in [9.17, 15) is 8.42 Å². The summed E-state index contributed by atoms with van der Waals surface area (Å²) in [6.07, 6.45) is 1.39. The first-order chi connectivity index (χ1) is 9.41. The van der Waals surface area contributed by atoms with Gasteiger partial charge in [0.25, 0.3) is 0 Å². The van der Waals surface area contributed by atoms with Crippen LogP contribution in [0, 0.1) is 6.92 Å². The van der Waals surface area contributed by atoms with Crippen LogP contribution in [-0.4, -0.2) is 33.1 Å². The topological polar surface area (TPSA) is 55.4 Å². The van der Waals surface area contributed by atoms with Crippen LogP contribution in [0.1, 0.15) is 36.9 Å². The molecule has 1 saturated heterocycles. The number of aryl methyl sites for hydroxylation is 1. The van der Waals surface area contributed by atoms with Crippen LogP contribution in [0.5, 0.6) is 5.75 Å². The summed E-state index contributed by atoms with van der Waals surface area (Å²) in [6, 6.07) is 6.54. The van der Waals surface area contributed by atoms with Crippen LogP contribution in [0.2, 0.25) is 0 Å². The lowest BCUT2D eigenvalue weighted by atomic mass is 10.0. The molecule has 1 heterocycles. The van der Waals surface area contributed by atoms with E-state index in [4.69, 9.17) is 4.74 Å². The molecule has 1 unspecified atom stereocenters. The number of sulfone groups is 1. The lowest BCUT2D eigenvalue weighted by molar-refractivity contribution is 0.384. The third kappa shape index (κ3) is 3.73. The summed E-state index contributed by atoms with van der Waals surface area (Å²) < 4.78 is 28.3. The van der Waals surface area contributed by atoms with Crippen molar-refractivity contribution < 1.29 is 13.2 Å². The summed E-state index contributed by atoms with van der Waals surface area (Å²) in [5.41, 5.74) is 2.32. The molecule has 1 fully saturated rings. The van der Waals surface area contributed by atoms with Gasteiger partial charge in [0.05, 0.1) is 18.6 Å². The molecule has 2 rings (SSSR count). The second kappa shape index (κ2) is 6.14. The molecule has 0 saturated carbocycles. The number of nitrogens with one attached hydrogen (secondary N) is 1. The van der Waals surface area contributed by atoms with E-state index < -0.39 is 9.84 Å². The van der Waals surface area contributed by atoms with Gasteiger partial charge < -0.3 is 10.1 Å². The maximum atomic E-state index is 11.4. The Balaban J connectivity index is 2.05. The van der Waals surface area contributed by atoms with E-state index in [1.807, 2.05) is 12.1 Å². The average molecular weight is 297 g/mol. The van der Waals surface area contributed by atoms with Gasteiger partial charge in [0.15, 0.2) is 0 Å². The van der Waals surface area contributed by atoms with Crippen molar-refractivity contribution >= 4 is 9.84 Å². The summed E-state index contributed by atoms with van der Waals surface area (Å²) in [7, 11) is -1.13. The maximum absolute atomic E-state index is 11.4. The first kappa shape index (κ1) is 15.3. The Bertz CT molecular complexity index is 554. The molecule has 1 aromatic rings. The fraction of sp³-hybridized carbons (Fsp3) is 0.600. The monoisotopic (exact) mass is 297 g/mol. The molecule has 20 heavy (non-hydrogen) atoms. The number of ether oxygens (including phenoxy) is 1. The molecule has 0 radical (unpaired) electrons. The lowest BCUT2D eigenvalue weighted by Gasteiger charge is -2.27. The standard InChI is InChI=1S/C15H23NO3S/c1-11-4-5-15(19-3)14(10-11)12(2)16-13-6-8-20(17,18)9-7-13/h4-5,10,12-13,16H,6-9H2,1-3H3. The highest BCUT2D eigenvalue weighted by Gasteiger charge is 2.25. The van der Waals surface area contributed by atoms with Gasteiger partial charge in [0.2, 0.25) is 0 Å². The minimum absolute atomic E-state index is 0.149. The Morgan fingerprint density at radius 1 is 1.30 bits per heavy atom. The predicted octanol–water partition coefficient (Wildman–Crippen LogP) is 2.23. The Hall–Kier alpha value is -1.07. The number of hydrogen-bond donors (Lipinski definition) is 1. The largest absolute Gasteiger partial charge is 0.496 e. The van der Waals surface area contributed by atoms with Gasteiger partial charge in [-0.15, -0.1) is 0 Å². The van der Waals surface area contributed by atoms with E-state index >= 15 is 0 Å². The van der Waals surface area contributed by atoms with Crippen LogP contribution in [-0.2, 0) is 9.84 Å². The first-order valence-electron chi connectivity index (χ1n) is 7.02. The summed E-state index contributed by atoms with van der Waals surface area (Å²) in [6.45, 7) is 4.16. The zero-order valence-corrected chi connectivity index (χ0v) is 13.2. The van der Waals surface area contributed by atoms with Crippen molar-refractivity contribution in [2.24, 2.45) is 0 Å². The highest BCUT2D eigenvalue weighted by atomic mass is 32.2. The van der Waals surface area contributed by atoms with Gasteiger partial charge in [-0.25, -0.2) is 8.42 Å². The van der Waals surface area contributed by atoms with E-state index in [1.165, 1.54) is 5.56 Å². The average Bonchev–Trinajstić information content (AvgIpc) is 2.41. The molecule has 1 aliphatic heterocycles. The van der Waals surface area contributed by atoms with Gasteiger partial charge >= 0.3 is 0 Å². The molecule has 0 spiro atoms. The van der Waals surface area contributed by atoms with Gasteiger partial charge in [-0.05, 0) is 32.8 Å². The highest BCUT2D eigenvalue weighted by Crippen LogP contribution is 2.27. The van der Waals surface area contributed by atoms with Gasteiger partial charge in [-0.3, -0.25) is 0 Å². The molecule has 0 aromatic heterocycles. The van der Waals surface area contributed by atoms with Gasteiger partial charge in [-0.1, -0.05) is 17.7 Å². The molecule has 112 valence electrons. The van der Waals surface area contributed by atoms with Crippen LogP contribution in [0.4, 0.5) is 0 Å². The van der Waals surface area contributed by atoms with E-state index in [0.717, 1.165) is 11.3 Å². The minimum atomic E-state index is -2.80. The molecule has 5 heteroatoms. The van der Waals surface area contributed by atoms with Crippen LogP contribution in [0.3, 0.4) is 0 Å². The molecule has 0 aliphatic carbocycles. The van der Waals surface area contributed by atoms with Crippen molar-refractivity contribution in [2.75, 3.05) is 18.6 Å². The lowest BCUT2D eigenvalue weighted by Crippen LogP contribution is -2.38. The van der Waals surface area contributed by atoms with E-state index in [-0.39, 0.29) is 12.1 Å². The van der Waals surface area contributed by atoms with Crippen LogP contribution in [0.25, 0.3) is 0 Å². The fourth-order valence-corrected chi connectivity index (χ4v) is 4.18. The van der Waals surface area contributed by atoms with Crippen LogP contribution >= 0.6 is 0 Å². The molecule has 0 bridgehead atoms. The van der Waals surface area contributed by atoms with Gasteiger partial charge in [0.1, 0.15) is 15.6 Å². The predicted molar refractivity (Wildman–Crippen MR) is 81.0 cm³/mol. The third-order valence-corrected chi connectivity index (χ3v) is 5.61. The van der Waals surface area contributed by atoms with Crippen molar-refractivity contribution in [1.29, 1.82) is 0 Å². The van der Waals surface area contributed by atoms with Gasteiger partial charge in [0, 0.05) is 17.6 Å². The molecular formula is C15H23NO3S. The molecule has 1 aromatic carbocycles. The Kier molecular flexibility index (Phi) is 4.70. The maximum Gasteiger partial charge on any atom is 0.150 e. The summed E-state index contributed by atoms with van der Waals surface area (Å²) in [5, 5.41) is 3.53. The number of methoxy groups -OCH3 is 1. The van der Waals surface area contributed by atoms with Crippen molar-refractivity contribution in [2.45, 2.75) is 38.8 Å². The highest BCUT2D eigenvalue weighted by molar-refractivity contribution is 7.91. The summed E-state index contributed by atoms with van der Waals surface area (Å²) in [4.78, 5) is 0. The normalized spacial score (nSPS) is 20.6. The van der Waals surface area contributed by atoms with E-state index in [1.54, 1.807) is 7.11 Å². The first-order valence-corrected chi connectivity index (χ1v) is 8.84. The SMILES string of the molecule is COc1ccc(C)cc1C(C)NC1CCS(=O)(=O)CC1. The van der Waals surface area contributed by atoms with Crippen molar-refractivity contribution in [3.05, 3.63) is 29.3 Å². The van der Waals surface area contributed by atoms with Gasteiger partial charge in [-0.2, -0.15) is 0 Å². The fourth-order valence-electron chi connectivity index (χ4n) is 2.69. The minimum Gasteiger partial charge on any atom is -0.496 e. The van der Waals surface area contributed by atoms with E-state index in [2.05, 4.69) is 25.2 Å². The quantitative estimate of drug-likeness (QED) is 0.926. The number of benzene rings is 1. The second-order valence-electron chi connectivity index (χ2n) is 5.56. The van der Waals surface area contributed by atoms with Crippen molar-refractivity contribution in [3.8, 4) is 5.75 Å². The van der Waals surface area contributed by atoms with Crippen molar-refractivity contribution in [1.82, 2.24) is 5.32 Å². The molecule has 4 nitrogen and oxygen atoms in total. The van der Waals surface area contributed by atoms with Crippen LogP contribution in [0.15, 0.2) is 18.2 Å². The Morgan fingerprint density at radius 3 is 2.55 bits per heavy atom. The third-order valence-electron chi connectivity index (χ3n) is 3.89. The molecule has 0 amide bonds. The molecular weight excluding hydrogens is 274 g/mol. The zero-order valence-electron chi connectivity index (χ0n) is 12.3. The van der Waals surface area contributed by atoms with Crippen LogP contribution < -0.4 is 10.1 Å². The smallest absolute Gasteiger partial charge is 0.150 e. The van der Waals surface area contributed by atoms with E-state index in [0.29, 0.717) is 24.3 Å². The Morgan fingerprint density at radius 2 is 1.95 bits per heavy atom. The number of rotatable bonds is 4.